The third kappa shape index (κ3) is 10.4. The number of para-hydroxylation sites is 2. The van der Waals surface area contributed by atoms with Gasteiger partial charge in [0.1, 0.15) is 34.5 Å². The first-order valence-corrected chi connectivity index (χ1v) is 14.4. The van der Waals surface area contributed by atoms with Crippen molar-refractivity contribution in [3.63, 3.8) is 0 Å². The van der Waals surface area contributed by atoms with Crippen molar-refractivity contribution < 1.29 is 30.6 Å². The van der Waals surface area contributed by atoms with Crippen LogP contribution in [-0.2, 0) is 19.3 Å². The molecule has 6 aromatic rings. The van der Waals surface area contributed by atoms with Gasteiger partial charge in [-0.2, -0.15) is 0 Å². The van der Waals surface area contributed by atoms with E-state index in [0.717, 1.165) is 39.8 Å². The molecule has 0 aliphatic carbocycles. The van der Waals surface area contributed by atoms with Crippen molar-refractivity contribution in [2.24, 2.45) is 0 Å². The molecule has 6 nitrogen and oxygen atoms in total. The number of hydrogen-bond donors (Lipinski definition) is 6. The molecular formula is C39H36O6. The second kappa shape index (κ2) is 16.1. The van der Waals surface area contributed by atoms with Crippen molar-refractivity contribution in [3.05, 3.63) is 179 Å². The molecule has 0 aliphatic rings. The number of aromatic hydroxyl groups is 6. The third-order valence-electron chi connectivity index (χ3n) is 6.95. The average Bonchev–Trinajstić information content (AvgIpc) is 3.04. The highest BCUT2D eigenvalue weighted by molar-refractivity contribution is 5.42. The van der Waals surface area contributed by atoms with Crippen LogP contribution in [0.2, 0.25) is 0 Å². The van der Waals surface area contributed by atoms with Crippen LogP contribution in [-0.4, -0.2) is 30.6 Å². The molecule has 0 heterocycles. The summed E-state index contributed by atoms with van der Waals surface area (Å²) in [5.74, 6) is 1.32. The van der Waals surface area contributed by atoms with Gasteiger partial charge in [0.2, 0.25) is 0 Å². The molecule has 0 radical (unpaired) electrons. The van der Waals surface area contributed by atoms with Gasteiger partial charge in [-0.1, -0.05) is 97.1 Å². The third-order valence-corrected chi connectivity index (χ3v) is 6.95. The fourth-order valence-electron chi connectivity index (χ4n) is 4.51. The minimum absolute atomic E-state index is 0.0873. The van der Waals surface area contributed by atoms with E-state index >= 15 is 0 Å². The zero-order valence-electron chi connectivity index (χ0n) is 24.7. The number of benzene rings is 6. The molecule has 6 heteroatoms. The summed E-state index contributed by atoms with van der Waals surface area (Å²) in [6, 6.07) is 43.1. The van der Waals surface area contributed by atoms with Crippen molar-refractivity contribution in [3.8, 4) is 34.5 Å². The first-order chi connectivity index (χ1) is 21.8. The van der Waals surface area contributed by atoms with E-state index < -0.39 is 0 Å². The number of hydrogen-bond acceptors (Lipinski definition) is 6. The van der Waals surface area contributed by atoms with Crippen molar-refractivity contribution >= 4 is 0 Å². The summed E-state index contributed by atoms with van der Waals surface area (Å²) in [5, 5.41) is 56.2. The van der Waals surface area contributed by atoms with Gasteiger partial charge in [-0.05, 0) is 82.3 Å². The number of phenolic OH excluding ortho intramolecular Hbond substituents is 6. The van der Waals surface area contributed by atoms with Crippen LogP contribution in [0.4, 0.5) is 0 Å². The minimum Gasteiger partial charge on any atom is -0.508 e. The van der Waals surface area contributed by atoms with Crippen LogP contribution >= 0.6 is 0 Å². The van der Waals surface area contributed by atoms with Crippen LogP contribution in [0.1, 0.15) is 33.4 Å². The maximum atomic E-state index is 9.59. The Morgan fingerprint density at radius 2 is 0.689 bits per heavy atom. The summed E-state index contributed by atoms with van der Waals surface area (Å²) in [6.07, 6.45) is 2.02. The van der Waals surface area contributed by atoms with E-state index in [-0.39, 0.29) is 34.5 Å². The predicted octanol–water partition coefficient (Wildman–Crippen LogP) is 8.07. The van der Waals surface area contributed by atoms with Gasteiger partial charge in [-0.25, -0.2) is 0 Å². The fraction of sp³-hybridized carbons (Fsp3) is 0.0769. The Kier molecular flexibility index (Phi) is 11.5. The maximum Gasteiger partial charge on any atom is 0.122 e. The number of rotatable bonds is 6. The zero-order valence-corrected chi connectivity index (χ0v) is 24.7. The van der Waals surface area contributed by atoms with Gasteiger partial charge in [0, 0.05) is 18.9 Å². The Bertz CT molecular complexity index is 1680. The fourth-order valence-corrected chi connectivity index (χ4v) is 4.51. The Morgan fingerprint density at radius 1 is 0.289 bits per heavy atom. The van der Waals surface area contributed by atoms with Gasteiger partial charge >= 0.3 is 0 Å². The van der Waals surface area contributed by atoms with Crippen LogP contribution in [0.5, 0.6) is 34.5 Å². The van der Waals surface area contributed by atoms with E-state index in [2.05, 4.69) is 0 Å². The van der Waals surface area contributed by atoms with Gasteiger partial charge < -0.3 is 30.6 Å². The molecule has 0 atom stereocenters. The maximum absolute atomic E-state index is 9.59. The van der Waals surface area contributed by atoms with Gasteiger partial charge in [-0.3, -0.25) is 0 Å². The van der Waals surface area contributed by atoms with Crippen molar-refractivity contribution in [1.82, 2.24) is 0 Å². The Hall–Kier alpha value is -5.88. The highest BCUT2D eigenvalue weighted by Gasteiger charge is 2.05. The van der Waals surface area contributed by atoms with E-state index in [0.29, 0.717) is 12.8 Å². The predicted molar refractivity (Wildman–Crippen MR) is 177 cm³/mol. The van der Waals surface area contributed by atoms with Crippen LogP contribution < -0.4 is 0 Å². The lowest BCUT2D eigenvalue weighted by molar-refractivity contribution is 0.446. The minimum atomic E-state index is 0.0873. The summed E-state index contributed by atoms with van der Waals surface area (Å²) < 4.78 is 0. The molecule has 0 saturated heterocycles. The molecule has 6 rings (SSSR count). The Labute approximate surface area is 263 Å². The quantitative estimate of drug-likeness (QED) is 0.115. The van der Waals surface area contributed by atoms with E-state index in [1.807, 2.05) is 78.9 Å². The Balaban J connectivity index is 0.000000154. The van der Waals surface area contributed by atoms with E-state index in [4.69, 9.17) is 15.3 Å². The van der Waals surface area contributed by atoms with E-state index in [1.165, 1.54) is 6.07 Å². The molecule has 45 heavy (non-hydrogen) atoms. The molecule has 228 valence electrons. The summed E-state index contributed by atoms with van der Waals surface area (Å²) in [5.41, 5.74) is 5.87. The van der Waals surface area contributed by atoms with Crippen molar-refractivity contribution in [1.29, 1.82) is 0 Å². The second-order valence-corrected chi connectivity index (χ2v) is 10.4. The standard InChI is InChI=1S/3C13H12O2/c14-12-5-1-10(2-6-12)9-11-3-7-13(15)8-4-11;14-12-7-3-1-5-10(12)9-11-6-2-4-8-13(11)15;14-12-7-6-11(13(15)9-12)8-10-4-2-1-3-5-10/h2*1-8,14-15H,9H2;1-7,9,14-15H,8H2. The largest absolute Gasteiger partial charge is 0.508 e. The molecule has 0 saturated carbocycles. The van der Waals surface area contributed by atoms with Crippen LogP contribution in [0, 0.1) is 0 Å². The van der Waals surface area contributed by atoms with E-state index in [1.54, 1.807) is 60.7 Å². The van der Waals surface area contributed by atoms with E-state index in [9.17, 15) is 15.3 Å². The molecule has 6 N–H and O–H groups in total. The zero-order chi connectivity index (χ0) is 32.0. The van der Waals surface area contributed by atoms with Crippen molar-refractivity contribution in [2.45, 2.75) is 19.3 Å². The first-order valence-electron chi connectivity index (χ1n) is 14.4. The topological polar surface area (TPSA) is 121 Å². The summed E-state index contributed by atoms with van der Waals surface area (Å²) in [4.78, 5) is 0. The average molecular weight is 601 g/mol. The van der Waals surface area contributed by atoms with Crippen molar-refractivity contribution in [2.75, 3.05) is 0 Å². The summed E-state index contributed by atoms with van der Waals surface area (Å²) in [7, 11) is 0. The SMILES string of the molecule is Oc1ccc(Cc2ccc(O)cc2)cc1.Oc1ccc(Cc2ccccc2)c(O)c1.Oc1ccccc1Cc1ccccc1O. The van der Waals surface area contributed by atoms with Gasteiger partial charge in [-0.15, -0.1) is 0 Å². The second-order valence-electron chi connectivity index (χ2n) is 10.4. The lowest BCUT2D eigenvalue weighted by atomic mass is 10.0. The molecule has 0 amide bonds. The monoisotopic (exact) mass is 600 g/mol. The molecule has 0 bridgehead atoms. The molecular weight excluding hydrogens is 564 g/mol. The van der Waals surface area contributed by atoms with Gasteiger partial charge in [0.15, 0.2) is 0 Å². The van der Waals surface area contributed by atoms with Crippen LogP contribution in [0.15, 0.2) is 146 Å². The highest BCUT2D eigenvalue weighted by atomic mass is 16.3. The first kappa shape index (κ1) is 32.0. The van der Waals surface area contributed by atoms with Crippen LogP contribution in [0.25, 0.3) is 0 Å². The molecule has 0 aliphatic heterocycles. The summed E-state index contributed by atoms with van der Waals surface area (Å²) >= 11 is 0. The van der Waals surface area contributed by atoms with Gasteiger partial charge in [0.25, 0.3) is 0 Å². The highest BCUT2D eigenvalue weighted by Crippen LogP contribution is 2.25. The summed E-state index contributed by atoms with van der Waals surface area (Å²) in [6.45, 7) is 0. The van der Waals surface area contributed by atoms with Crippen LogP contribution in [0.3, 0.4) is 0 Å². The smallest absolute Gasteiger partial charge is 0.122 e. The normalized spacial score (nSPS) is 10.1. The number of phenols is 6. The molecule has 6 aromatic carbocycles. The van der Waals surface area contributed by atoms with Gasteiger partial charge in [0.05, 0.1) is 0 Å². The lowest BCUT2D eigenvalue weighted by Crippen LogP contribution is -1.88. The molecule has 0 spiro atoms. The lowest BCUT2D eigenvalue weighted by Gasteiger charge is -2.05. The molecule has 0 aromatic heterocycles. The molecule has 0 fully saturated rings. The Morgan fingerprint density at radius 3 is 1.16 bits per heavy atom. The molecule has 0 unspecified atom stereocenters.